The Labute approximate surface area is 94.1 Å². The first-order valence-electron chi connectivity index (χ1n) is 5.68. The van der Waals surface area contributed by atoms with E-state index in [4.69, 9.17) is 11.6 Å². The SMILES string of the molecule is OC1CCn2c(C3CCC3)nc(Cl)c2C1. The highest BCUT2D eigenvalue weighted by atomic mass is 35.5. The molecule has 82 valence electrons. The highest BCUT2D eigenvalue weighted by molar-refractivity contribution is 6.30. The van der Waals surface area contributed by atoms with E-state index in [1.807, 2.05) is 0 Å². The maximum Gasteiger partial charge on any atom is 0.150 e. The fourth-order valence-corrected chi connectivity index (χ4v) is 2.77. The Morgan fingerprint density at radius 3 is 2.80 bits per heavy atom. The zero-order valence-electron chi connectivity index (χ0n) is 8.62. The van der Waals surface area contributed by atoms with E-state index in [0.29, 0.717) is 17.5 Å². The molecule has 1 aliphatic heterocycles. The molecule has 1 aromatic heterocycles. The minimum atomic E-state index is -0.235. The van der Waals surface area contributed by atoms with E-state index in [1.165, 1.54) is 19.3 Å². The first-order valence-corrected chi connectivity index (χ1v) is 6.06. The molecule has 0 aromatic carbocycles. The van der Waals surface area contributed by atoms with Gasteiger partial charge in [-0.05, 0) is 19.3 Å². The van der Waals surface area contributed by atoms with Crippen LogP contribution in [0.3, 0.4) is 0 Å². The summed E-state index contributed by atoms with van der Waals surface area (Å²) in [5.74, 6) is 1.78. The van der Waals surface area contributed by atoms with Crippen molar-refractivity contribution in [1.29, 1.82) is 0 Å². The van der Waals surface area contributed by atoms with Crippen molar-refractivity contribution in [2.45, 2.75) is 50.7 Å². The minimum Gasteiger partial charge on any atom is -0.393 e. The van der Waals surface area contributed by atoms with Gasteiger partial charge >= 0.3 is 0 Å². The molecule has 0 bridgehead atoms. The van der Waals surface area contributed by atoms with Crippen LogP contribution in [0.1, 0.15) is 43.1 Å². The van der Waals surface area contributed by atoms with Gasteiger partial charge in [0.25, 0.3) is 0 Å². The van der Waals surface area contributed by atoms with Gasteiger partial charge in [-0.25, -0.2) is 4.98 Å². The van der Waals surface area contributed by atoms with Crippen LogP contribution in [0, 0.1) is 0 Å². The summed E-state index contributed by atoms with van der Waals surface area (Å²) in [5, 5.41) is 10.2. The highest BCUT2D eigenvalue weighted by Gasteiger charge is 2.30. The van der Waals surface area contributed by atoms with Crippen LogP contribution in [0.4, 0.5) is 0 Å². The van der Waals surface area contributed by atoms with Crippen LogP contribution >= 0.6 is 11.6 Å². The van der Waals surface area contributed by atoms with Gasteiger partial charge in [0.2, 0.25) is 0 Å². The second-order valence-electron chi connectivity index (χ2n) is 4.63. The summed E-state index contributed by atoms with van der Waals surface area (Å²) in [5.41, 5.74) is 1.04. The predicted molar refractivity (Wildman–Crippen MR) is 58.2 cm³/mol. The van der Waals surface area contributed by atoms with Crippen molar-refractivity contribution in [3.63, 3.8) is 0 Å². The maximum atomic E-state index is 9.60. The average molecular weight is 227 g/mol. The maximum absolute atomic E-state index is 9.60. The van der Waals surface area contributed by atoms with Crippen LogP contribution in [0.15, 0.2) is 0 Å². The van der Waals surface area contributed by atoms with Crippen LogP contribution in [-0.2, 0) is 13.0 Å². The van der Waals surface area contributed by atoms with Crippen LogP contribution in [0.2, 0.25) is 5.15 Å². The van der Waals surface area contributed by atoms with Gasteiger partial charge in [0.15, 0.2) is 5.15 Å². The Morgan fingerprint density at radius 2 is 2.13 bits per heavy atom. The molecule has 1 saturated carbocycles. The molecule has 4 heteroatoms. The molecule has 1 atom stereocenters. The van der Waals surface area contributed by atoms with Crippen molar-refractivity contribution in [3.8, 4) is 0 Å². The monoisotopic (exact) mass is 226 g/mol. The van der Waals surface area contributed by atoms with E-state index in [0.717, 1.165) is 24.5 Å². The number of aromatic nitrogens is 2. The third-order valence-corrected chi connectivity index (χ3v) is 3.94. The molecule has 1 unspecified atom stereocenters. The molecule has 0 spiro atoms. The Bertz CT molecular complexity index is 384. The molecule has 3 nitrogen and oxygen atoms in total. The quantitative estimate of drug-likeness (QED) is 0.797. The van der Waals surface area contributed by atoms with Crippen molar-refractivity contribution >= 4 is 11.6 Å². The number of imidazole rings is 1. The standard InChI is InChI=1S/C11H15ClN2O/c12-10-9-6-8(15)4-5-14(9)11(13-10)7-2-1-3-7/h7-8,15H,1-6H2. The molecule has 0 radical (unpaired) electrons. The van der Waals surface area contributed by atoms with Crippen LogP contribution in [0.25, 0.3) is 0 Å². The molecule has 1 aromatic rings. The van der Waals surface area contributed by atoms with Gasteiger partial charge in [-0.1, -0.05) is 18.0 Å². The summed E-state index contributed by atoms with van der Waals surface area (Å²) in [6.45, 7) is 0.877. The lowest BCUT2D eigenvalue weighted by molar-refractivity contribution is 0.142. The molecule has 0 amide bonds. The minimum absolute atomic E-state index is 0.235. The highest BCUT2D eigenvalue weighted by Crippen LogP contribution is 2.38. The normalized spacial score (nSPS) is 26.1. The second-order valence-corrected chi connectivity index (χ2v) is 4.99. The summed E-state index contributed by atoms with van der Waals surface area (Å²) in [6.07, 6.45) is 5.07. The Hall–Kier alpha value is -0.540. The lowest BCUT2D eigenvalue weighted by atomic mass is 9.84. The number of aliphatic hydroxyl groups excluding tert-OH is 1. The van der Waals surface area contributed by atoms with E-state index in [1.54, 1.807) is 0 Å². The number of fused-ring (bicyclic) bond motifs is 1. The topological polar surface area (TPSA) is 38.0 Å². The number of rotatable bonds is 1. The first kappa shape index (κ1) is 9.67. The molecule has 1 N–H and O–H groups in total. The molecule has 1 fully saturated rings. The molecular weight excluding hydrogens is 212 g/mol. The molecule has 2 aliphatic rings. The largest absolute Gasteiger partial charge is 0.393 e. The van der Waals surface area contributed by atoms with Crippen LogP contribution in [-0.4, -0.2) is 20.8 Å². The lowest BCUT2D eigenvalue weighted by Crippen LogP contribution is -2.25. The summed E-state index contributed by atoms with van der Waals surface area (Å²) >= 11 is 6.11. The Balaban J connectivity index is 1.99. The lowest BCUT2D eigenvalue weighted by Gasteiger charge is -2.28. The van der Waals surface area contributed by atoms with Gasteiger partial charge in [-0.2, -0.15) is 0 Å². The Kier molecular flexibility index (Phi) is 2.25. The average Bonchev–Trinajstić information content (AvgIpc) is 2.41. The van der Waals surface area contributed by atoms with Gasteiger partial charge in [0, 0.05) is 18.9 Å². The summed E-state index contributed by atoms with van der Waals surface area (Å²) in [4.78, 5) is 4.47. The molecule has 3 rings (SSSR count). The number of halogens is 1. The summed E-state index contributed by atoms with van der Waals surface area (Å²) in [6, 6.07) is 0. The number of hydrogen-bond acceptors (Lipinski definition) is 2. The fourth-order valence-electron chi connectivity index (χ4n) is 2.50. The molecule has 2 heterocycles. The second kappa shape index (κ2) is 3.49. The fraction of sp³-hybridized carbons (Fsp3) is 0.727. The zero-order chi connectivity index (χ0) is 10.4. The van der Waals surface area contributed by atoms with Crippen LogP contribution < -0.4 is 0 Å². The first-order chi connectivity index (χ1) is 7.25. The summed E-state index contributed by atoms with van der Waals surface area (Å²) < 4.78 is 2.24. The Morgan fingerprint density at radius 1 is 1.33 bits per heavy atom. The van der Waals surface area contributed by atoms with Gasteiger partial charge in [0.05, 0.1) is 11.8 Å². The number of hydrogen-bond donors (Lipinski definition) is 1. The van der Waals surface area contributed by atoms with Crippen LogP contribution in [0.5, 0.6) is 0 Å². The zero-order valence-corrected chi connectivity index (χ0v) is 9.37. The molecule has 0 saturated heterocycles. The molecule has 15 heavy (non-hydrogen) atoms. The van der Waals surface area contributed by atoms with E-state index in [9.17, 15) is 5.11 Å². The van der Waals surface area contributed by atoms with E-state index >= 15 is 0 Å². The van der Waals surface area contributed by atoms with Crippen molar-refractivity contribution < 1.29 is 5.11 Å². The third kappa shape index (κ3) is 1.49. The van der Waals surface area contributed by atoms with Crippen molar-refractivity contribution in [2.75, 3.05) is 0 Å². The van der Waals surface area contributed by atoms with E-state index < -0.39 is 0 Å². The van der Waals surface area contributed by atoms with E-state index in [-0.39, 0.29) is 6.10 Å². The van der Waals surface area contributed by atoms with Gasteiger partial charge in [-0.3, -0.25) is 0 Å². The summed E-state index contributed by atoms with van der Waals surface area (Å²) in [7, 11) is 0. The van der Waals surface area contributed by atoms with E-state index in [2.05, 4.69) is 9.55 Å². The van der Waals surface area contributed by atoms with Crippen molar-refractivity contribution in [2.24, 2.45) is 0 Å². The third-order valence-electron chi connectivity index (χ3n) is 3.64. The molecular formula is C11H15ClN2O. The van der Waals surface area contributed by atoms with Gasteiger partial charge in [-0.15, -0.1) is 0 Å². The number of aliphatic hydroxyl groups is 1. The van der Waals surface area contributed by atoms with Crippen molar-refractivity contribution in [1.82, 2.24) is 9.55 Å². The molecule has 1 aliphatic carbocycles. The van der Waals surface area contributed by atoms with Crippen molar-refractivity contribution in [3.05, 3.63) is 16.7 Å². The van der Waals surface area contributed by atoms with Gasteiger partial charge in [0.1, 0.15) is 5.82 Å². The van der Waals surface area contributed by atoms with Gasteiger partial charge < -0.3 is 9.67 Å². The predicted octanol–water partition coefficient (Wildman–Crippen LogP) is 2.11. The smallest absolute Gasteiger partial charge is 0.150 e. The number of nitrogens with zero attached hydrogens (tertiary/aromatic N) is 2.